The average Bonchev–Trinajstić information content (AvgIpc) is 3.29. The molecule has 0 saturated heterocycles. The van der Waals surface area contributed by atoms with Gasteiger partial charge in [-0.1, -0.05) is 0 Å². The van der Waals surface area contributed by atoms with Gasteiger partial charge in [-0.25, -0.2) is 4.98 Å². The summed E-state index contributed by atoms with van der Waals surface area (Å²) in [4.78, 5) is 4.73. The van der Waals surface area contributed by atoms with Crippen molar-refractivity contribution >= 4 is 11.3 Å². The van der Waals surface area contributed by atoms with Crippen LogP contribution in [-0.2, 0) is 0 Å². The van der Waals surface area contributed by atoms with E-state index >= 15 is 0 Å². The molecule has 6 heteroatoms. The first-order valence-corrected chi connectivity index (χ1v) is 8.24. The average molecular weight is 341 g/mol. The van der Waals surface area contributed by atoms with E-state index < -0.39 is 0 Å². The van der Waals surface area contributed by atoms with Crippen LogP contribution in [0.15, 0.2) is 41.8 Å². The largest absolute Gasteiger partial charge is 0.493 e. The van der Waals surface area contributed by atoms with E-state index in [9.17, 15) is 0 Å². The maximum atomic E-state index is 5.43. The van der Waals surface area contributed by atoms with Crippen molar-refractivity contribution in [3.63, 3.8) is 0 Å². The van der Waals surface area contributed by atoms with Gasteiger partial charge < -0.3 is 18.9 Å². The highest BCUT2D eigenvalue weighted by molar-refractivity contribution is 7.13. The Morgan fingerprint density at radius 2 is 1.71 bits per heavy atom. The molecule has 0 N–H and O–H groups in total. The maximum absolute atomic E-state index is 5.43. The van der Waals surface area contributed by atoms with E-state index in [0.717, 1.165) is 33.3 Å². The Morgan fingerprint density at radius 1 is 0.917 bits per heavy atom. The van der Waals surface area contributed by atoms with Crippen molar-refractivity contribution in [3.05, 3.63) is 41.8 Å². The minimum atomic E-state index is 0.271. The first-order chi connectivity index (χ1) is 11.8. The van der Waals surface area contributed by atoms with E-state index in [1.54, 1.807) is 25.6 Å². The summed E-state index contributed by atoms with van der Waals surface area (Å²) in [5, 5.41) is 2.95. The van der Waals surface area contributed by atoms with Crippen molar-refractivity contribution < 1.29 is 18.9 Å². The van der Waals surface area contributed by atoms with Crippen LogP contribution in [0, 0.1) is 0 Å². The molecule has 0 spiro atoms. The number of thiazole rings is 1. The molecule has 5 nitrogen and oxygen atoms in total. The second kappa shape index (κ2) is 6.05. The van der Waals surface area contributed by atoms with Gasteiger partial charge in [-0.15, -0.1) is 11.3 Å². The van der Waals surface area contributed by atoms with E-state index in [1.165, 1.54) is 0 Å². The van der Waals surface area contributed by atoms with Crippen LogP contribution < -0.4 is 18.9 Å². The Balaban J connectivity index is 1.68. The van der Waals surface area contributed by atoms with Gasteiger partial charge in [0.25, 0.3) is 0 Å². The molecule has 24 heavy (non-hydrogen) atoms. The van der Waals surface area contributed by atoms with Gasteiger partial charge >= 0.3 is 0 Å². The normalized spacial score (nSPS) is 12.2. The van der Waals surface area contributed by atoms with Gasteiger partial charge in [0.15, 0.2) is 23.0 Å². The lowest BCUT2D eigenvalue weighted by molar-refractivity contribution is 0.174. The molecule has 0 bridgehead atoms. The number of ether oxygens (including phenoxy) is 4. The van der Waals surface area contributed by atoms with Gasteiger partial charge in [-0.3, -0.25) is 0 Å². The molecule has 0 fully saturated rings. The predicted octanol–water partition coefficient (Wildman–Crippen LogP) is 4.22. The third kappa shape index (κ3) is 2.55. The van der Waals surface area contributed by atoms with E-state index in [-0.39, 0.29) is 6.79 Å². The fourth-order valence-corrected chi connectivity index (χ4v) is 3.39. The van der Waals surface area contributed by atoms with Crippen molar-refractivity contribution in [2.24, 2.45) is 0 Å². The van der Waals surface area contributed by atoms with Crippen LogP contribution in [0.5, 0.6) is 23.0 Å². The summed E-state index contributed by atoms with van der Waals surface area (Å²) in [5.41, 5.74) is 2.90. The summed E-state index contributed by atoms with van der Waals surface area (Å²) < 4.78 is 21.4. The number of methoxy groups -OCH3 is 2. The molecule has 1 aliphatic heterocycles. The number of rotatable bonds is 4. The highest BCUT2D eigenvalue weighted by Crippen LogP contribution is 2.38. The first kappa shape index (κ1) is 14.8. The van der Waals surface area contributed by atoms with Crippen LogP contribution in [-0.4, -0.2) is 26.0 Å². The Bertz CT molecular complexity index is 890. The predicted molar refractivity (Wildman–Crippen MR) is 92.2 cm³/mol. The second-order valence-corrected chi connectivity index (χ2v) is 6.03. The number of hydrogen-bond acceptors (Lipinski definition) is 6. The lowest BCUT2D eigenvalue weighted by Crippen LogP contribution is -1.92. The Kier molecular flexibility index (Phi) is 3.74. The molecular weight excluding hydrogens is 326 g/mol. The molecule has 2 aromatic carbocycles. The van der Waals surface area contributed by atoms with E-state index in [2.05, 4.69) is 0 Å². The van der Waals surface area contributed by atoms with Crippen LogP contribution in [0.1, 0.15) is 0 Å². The minimum Gasteiger partial charge on any atom is -0.493 e. The summed E-state index contributed by atoms with van der Waals surface area (Å²) in [6.07, 6.45) is 0. The lowest BCUT2D eigenvalue weighted by atomic mass is 10.1. The van der Waals surface area contributed by atoms with E-state index in [4.69, 9.17) is 23.9 Å². The molecule has 1 aromatic heterocycles. The van der Waals surface area contributed by atoms with Crippen molar-refractivity contribution in [1.82, 2.24) is 4.98 Å². The fraction of sp³-hybridized carbons (Fsp3) is 0.167. The Morgan fingerprint density at radius 3 is 2.54 bits per heavy atom. The van der Waals surface area contributed by atoms with Gasteiger partial charge in [0.1, 0.15) is 5.01 Å². The van der Waals surface area contributed by atoms with Crippen molar-refractivity contribution in [3.8, 4) is 44.8 Å². The van der Waals surface area contributed by atoms with E-state index in [1.807, 2.05) is 41.8 Å². The van der Waals surface area contributed by atoms with Gasteiger partial charge in [0, 0.05) is 16.5 Å². The van der Waals surface area contributed by atoms with Crippen molar-refractivity contribution in [1.29, 1.82) is 0 Å². The third-order valence-electron chi connectivity index (χ3n) is 3.80. The summed E-state index contributed by atoms with van der Waals surface area (Å²) in [6, 6.07) is 11.6. The summed E-state index contributed by atoms with van der Waals surface area (Å²) in [7, 11) is 3.25. The molecular formula is C18H15NO4S. The minimum absolute atomic E-state index is 0.271. The van der Waals surface area contributed by atoms with Gasteiger partial charge in [0.2, 0.25) is 6.79 Å². The summed E-state index contributed by atoms with van der Waals surface area (Å²) in [6.45, 7) is 0.271. The summed E-state index contributed by atoms with van der Waals surface area (Å²) in [5.74, 6) is 2.92. The molecule has 2 heterocycles. The highest BCUT2D eigenvalue weighted by Gasteiger charge is 2.16. The molecule has 3 aromatic rings. The molecule has 122 valence electrons. The number of aromatic nitrogens is 1. The molecule has 1 aliphatic rings. The van der Waals surface area contributed by atoms with Crippen molar-refractivity contribution in [2.45, 2.75) is 0 Å². The topological polar surface area (TPSA) is 49.8 Å². The van der Waals surface area contributed by atoms with Crippen LogP contribution in [0.3, 0.4) is 0 Å². The number of nitrogens with zero attached hydrogens (tertiary/aromatic N) is 1. The fourth-order valence-electron chi connectivity index (χ4n) is 2.56. The second-order valence-electron chi connectivity index (χ2n) is 5.18. The lowest BCUT2D eigenvalue weighted by Gasteiger charge is -2.08. The SMILES string of the molecule is COc1ccc(-c2nc(-c3ccc4c(c3)OCO4)cs2)cc1OC. The monoisotopic (exact) mass is 341 g/mol. The van der Waals surface area contributed by atoms with Crippen LogP contribution in [0.2, 0.25) is 0 Å². The molecule has 0 radical (unpaired) electrons. The van der Waals surface area contributed by atoms with Crippen LogP contribution in [0.25, 0.3) is 21.8 Å². The van der Waals surface area contributed by atoms with Gasteiger partial charge in [0.05, 0.1) is 19.9 Å². The quantitative estimate of drug-likeness (QED) is 0.711. The Hall–Kier alpha value is -2.73. The first-order valence-electron chi connectivity index (χ1n) is 7.36. The molecule has 0 saturated carbocycles. The molecule has 0 unspecified atom stereocenters. The molecule has 0 aliphatic carbocycles. The van der Waals surface area contributed by atoms with Crippen LogP contribution in [0.4, 0.5) is 0 Å². The third-order valence-corrected chi connectivity index (χ3v) is 4.69. The van der Waals surface area contributed by atoms with Crippen molar-refractivity contribution in [2.75, 3.05) is 21.0 Å². The smallest absolute Gasteiger partial charge is 0.231 e. The zero-order chi connectivity index (χ0) is 16.5. The number of fused-ring (bicyclic) bond motifs is 1. The summed E-state index contributed by atoms with van der Waals surface area (Å²) >= 11 is 1.58. The standard InChI is InChI=1S/C18H15NO4S/c1-20-14-5-4-12(8-16(14)21-2)18-19-13(9-24-18)11-3-6-15-17(7-11)23-10-22-15/h3-9H,10H2,1-2H3. The van der Waals surface area contributed by atoms with E-state index in [0.29, 0.717) is 11.5 Å². The Labute approximate surface area is 143 Å². The maximum Gasteiger partial charge on any atom is 0.231 e. The van der Waals surface area contributed by atoms with Crippen LogP contribution >= 0.6 is 11.3 Å². The zero-order valence-electron chi connectivity index (χ0n) is 13.2. The van der Waals surface area contributed by atoms with Gasteiger partial charge in [-0.05, 0) is 36.4 Å². The van der Waals surface area contributed by atoms with Gasteiger partial charge in [-0.2, -0.15) is 0 Å². The zero-order valence-corrected chi connectivity index (χ0v) is 14.1. The molecule has 0 amide bonds. The number of hydrogen-bond donors (Lipinski definition) is 0. The highest BCUT2D eigenvalue weighted by atomic mass is 32.1. The molecule has 0 atom stereocenters. The number of benzene rings is 2. The molecule has 4 rings (SSSR count).